The standard InChI is InChI=1S/C24H15ClF3N5O3S/c1-12-31-32-23(36-12)33-11-18(16-8-14(24(26,27)28)5-7-19(16)25)17(9-20(33)34)21(35)30-22-29-10-15(37-22)6-4-13-2-3-13/h5,7-11,13H,2-3H2,1H3,(H,29,30,35). The molecule has 37 heavy (non-hydrogen) atoms. The largest absolute Gasteiger partial charge is 0.416 e. The van der Waals surface area contributed by atoms with Crippen molar-refractivity contribution in [3.05, 3.63) is 73.9 Å². The van der Waals surface area contributed by atoms with E-state index in [1.54, 1.807) is 0 Å². The average molecular weight is 546 g/mol. The highest BCUT2D eigenvalue weighted by atomic mass is 35.5. The summed E-state index contributed by atoms with van der Waals surface area (Å²) >= 11 is 7.40. The number of nitrogens with zero attached hydrogens (tertiary/aromatic N) is 4. The third-order valence-corrected chi connectivity index (χ3v) is 6.46. The molecule has 1 fully saturated rings. The molecule has 13 heteroatoms. The second-order valence-corrected chi connectivity index (χ2v) is 9.57. The van der Waals surface area contributed by atoms with Gasteiger partial charge in [0.05, 0.1) is 22.2 Å². The van der Waals surface area contributed by atoms with E-state index in [1.165, 1.54) is 13.1 Å². The summed E-state index contributed by atoms with van der Waals surface area (Å²) in [6.45, 7) is 1.51. The van der Waals surface area contributed by atoms with Gasteiger partial charge in [-0.3, -0.25) is 14.9 Å². The SMILES string of the molecule is Cc1nnc(-n2cc(-c3cc(C(F)(F)F)ccc3Cl)c(C(=O)Nc3ncc(C#CC4CC4)s3)cc2=O)o1. The van der Waals surface area contributed by atoms with Crippen molar-refractivity contribution in [1.29, 1.82) is 0 Å². The first kappa shape index (κ1) is 24.7. The molecule has 3 heterocycles. The topological polar surface area (TPSA) is 103 Å². The van der Waals surface area contributed by atoms with Crippen LogP contribution in [0.4, 0.5) is 18.3 Å². The molecule has 0 bridgehead atoms. The second kappa shape index (κ2) is 9.49. The quantitative estimate of drug-likeness (QED) is 0.347. The van der Waals surface area contributed by atoms with E-state index in [1.807, 2.05) is 0 Å². The molecule has 1 amide bonds. The molecule has 1 aromatic carbocycles. The highest BCUT2D eigenvalue weighted by Gasteiger charge is 2.32. The fraction of sp³-hybridized carbons (Fsp3) is 0.208. The lowest BCUT2D eigenvalue weighted by atomic mass is 9.99. The first-order valence-electron chi connectivity index (χ1n) is 10.8. The number of carbonyl (C=O) groups excluding carboxylic acids is 1. The van der Waals surface area contributed by atoms with Gasteiger partial charge in [0.25, 0.3) is 11.5 Å². The zero-order valence-electron chi connectivity index (χ0n) is 18.9. The van der Waals surface area contributed by atoms with Crippen LogP contribution in [0.15, 0.2) is 45.9 Å². The minimum atomic E-state index is -4.67. The van der Waals surface area contributed by atoms with Crippen LogP contribution in [0, 0.1) is 24.7 Å². The van der Waals surface area contributed by atoms with Crippen molar-refractivity contribution in [3.8, 4) is 29.0 Å². The van der Waals surface area contributed by atoms with Gasteiger partial charge in [0, 0.05) is 41.3 Å². The van der Waals surface area contributed by atoms with E-state index in [0.29, 0.717) is 10.8 Å². The normalized spacial score (nSPS) is 13.2. The predicted octanol–water partition coefficient (Wildman–Crippen LogP) is 5.34. The summed E-state index contributed by atoms with van der Waals surface area (Å²) in [7, 11) is 0. The number of thiazole rings is 1. The molecular weight excluding hydrogens is 531 g/mol. The molecule has 0 radical (unpaired) electrons. The van der Waals surface area contributed by atoms with Gasteiger partial charge < -0.3 is 4.42 Å². The van der Waals surface area contributed by atoms with E-state index in [-0.39, 0.29) is 38.7 Å². The van der Waals surface area contributed by atoms with E-state index in [9.17, 15) is 22.8 Å². The predicted molar refractivity (Wildman–Crippen MR) is 130 cm³/mol. The molecule has 3 aromatic heterocycles. The Kier molecular flexibility index (Phi) is 6.35. The Bertz CT molecular complexity index is 1640. The van der Waals surface area contributed by atoms with Crippen molar-refractivity contribution in [1.82, 2.24) is 19.7 Å². The third kappa shape index (κ3) is 5.42. The Morgan fingerprint density at radius 3 is 2.70 bits per heavy atom. The van der Waals surface area contributed by atoms with Crippen molar-refractivity contribution in [2.24, 2.45) is 5.92 Å². The number of rotatable bonds is 4. The molecule has 1 N–H and O–H groups in total. The van der Waals surface area contributed by atoms with Crippen LogP contribution in [0.25, 0.3) is 17.1 Å². The van der Waals surface area contributed by atoms with E-state index in [0.717, 1.165) is 59.2 Å². The van der Waals surface area contributed by atoms with E-state index in [2.05, 4.69) is 32.3 Å². The van der Waals surface area contributed by atoms with Crippen LogP contribution in [0.5, 0.6) is 0 Å². The highest BCUT2D eigenvalue weighted by Crippen LogP contribution is 2.37. The summed E-state index contributed by atoms with van der Waals surface area (Å²) in [5, 5.41) is 10.2. The zero-order chi connectivity index (χ0) is 26.3. The van der Waals surface area contributed by atoms with Crippen LogP contribution in [-0.2, 0) is 6.18 Å². The van der Waals surface area contributed by atoms with Crippen molar-refractivity contribution in [3.63, 3.8) is 0 Å². The van der Waals surface area contributed by atoms with Crippen LogP contribution in [-0.4, -0.2) is 25.7 Å². The summed E-state index contributed by atoms with van der Waals surface area (Å²) in [6.07, 6.45) is 0.102. The lowest BCUT2D eigenvalue weighted by Crippen LogP contribution is -2.23. The summed E-state index contributed by atoms with van der Waals surface area (Å²) in [5.41, 5.74) is -2.12. The average Bonchev–Trinajstić information content (AvgIpc) is 3.41. The summed E-state index contributed by atoms with van der Waals surface area (Å²) in [6, 6.07) is 3.43. The first-order chi connectivity index (χ1) is 17.6. The molecule has 0 unspecified atom stereocenters. The molecule has 188 valence electrons. The molecule has 5 rings (SSSR count). The van der Waals surface area contributed by atoms with Gasteiger partial charge in [-0.1, -0.05) is 39.9 Å². The van der Waals surface area contributed by atoms with E-state index >= 15 is 0 Å². The number of halogens is 4. The van der Waals surface area contributed by atoms with E-state index in [4.69, 9.17) is 16.0 Å². The summed E-state index contributed by atoms with van der Waals surface area (Å²) in [4.78, 5) is 30.9. The number of alkyl halides is 3. The molecule has 0 saturated heterocycles. The number of aromatic nitrogens is 4. The molecule has 0 spiro atoms. The number of amides is 1. The van der Waals surface area contributed by atoms with Gasteiger partial charge in [0.1, 0.15) is 0 Å². The molecule has 0 aliphatic heterocycles. The fourth-order valence-corrected chi connectivity index (χ4v) is 4.22. The van der Waals surface area contributed by atoms with Gasteiger partial charge in [-0.2, -0.15) is 13.2 Å². The Hall–Kier alpha value is -3.95. The molecule has 4 aromatic rings. The Balaban J connectivity index is 1.59. The van der Waals surface area contributed by atoms with Crippen molar-refractivity contribution in [2.45, 2.75) is 25.9 Å². The summed E-state index contributed by atoms with van der Waals surface area (Å²) in [5.74, 6) is 5.86. The van der Waals surface area contributed by atoms with Gasteiger partial charge in [0.2, 0.25) is 5.89 Å². The van der Waals surface area contributed by atoms with Crippen LogP contribution in [0.3, 0.4) is 0 Å². The van der Waals surface area contributed by atoms with Gasteiger partial charge in [0.15, 0.2) is 5.13 Å². The number of benzene rings is 1. The highest BCUT2D eigenvalue weighted by molar-refractivity contribution is 7.16. The van der Waals surface area contributed by atoms with Gasteiger partial charge in [-0.05, 0) is 31.0 Å². The fourth-order valence-electron chi connectivity index (χ4n) is 3.33. The molecule has 1 aliphatic carbocycles. The van der Waals surface area contributed by atoms with Crippen LogP contribution < -0.4 is 10.9 Å². The Morgan fingerprint density at radius 2 is 2.03 bits per heavy atom. The molecule has 0 atom stereocenters. The summed E-state index contributed by atoms with van der Waals surface area (Å²) < 4.78 is 46.6. The van der Waals surface area contributed by atoms with Crippen molar-refractivity contribution >= 4 is 34.0 Å². The number of hydrogen-bond acceptors (Lipinski definition) is 7. The lowest BCUT2D eigenvalue weighted by molar-refractivity contribution is -0.137. The maximum atomic E-state index is 13.5. The van der Waals surface area contributed by atoms with Gasteiger partial charge in [-0.25, -0.2) is 9.55 Å². The van der Waals surface area contributed by atoms with Crippen molar-refractivity contribution in [2.75, 3.05) is 5.32 Å². The lowest BCUT2D eigenvalue weighted by Gasteiger charge is -2.15. The van der Waals surface area contributed by atoms with Gasteiger partial charge >= 0.3 is 12.2 Å². The number of anilines is 1. The number of hydrogen-bond donors (Lipinski definition) is 1. The monoisotopic (exact) mass is 545 g/mol. The molecule has 1 saturated carbocycles. The second-order valence-electron chi connectivity index (χ2n) is 8.13. The van der Waals surface area contributed by atoms with Crippen LogP contribution in [0.2, 0.25) is 5.02 Å². The van der Waals surface area contributed by atoms with E-state index < -0.39 is 23.2 Å². The van der Waals surface area contributed by atoms with Crippen molar-refractivity contribution < 1.29 is 22.4 Å². The molecule has 1 aliphatic rings. The number of carbonyl (C=O) groups is 1. The Labute approximate surface area is 216 Å². The number of nitrogens with one attached hydrogen (secondary N) is 1. The minimum Gasteiger partial charge on any atom is -0.408 e. The molecule has 8 nitrogen and oxygen atoms in total. The maximum absolute atomic E-state index is 13.5. The van der Waals surface area contributed by atoms with Crippen LogP contribution >= 0.6 is 22.9 Å². The Morgan fingerprint density at radius 1 is 1.24 bits per heavy atom. The number of aryl methyl sites for hydroxylation is 1. The number of pyridine rings is 1. The zero-order valence-corrected chi connectivity index (χ0v) is 20.5. The smallest absolute Gasteiger partial charge is 0.408 e. The first-order valence-corrected chi connectivity index (χ1v) is 12.0. The van der Waals surface area contributed by atoms with Crippen LogP contribution in [0.1, 0.15) is 39.5 Å². The molecular formula is C24H15ClF3N5O3S. The minimum absolute atomic E-state index is 0.0608. The van der Waals surface area contributed by atoms with Gasteiger partial charge in [-0.15, -0.1) is 5.10 Å². The maximum Gasteiger partial charge on any atom is 0.416 e. The third-order valence-electron chi connectivity index (χ3n) is 5.31.